The maximum absolute atomic E-state index is 11.2. The standard InChI is InChI=1S/C14H32N4O2S.HI/c1-8-15-13(16-11-14(3,4)18(5)6)17-12(2)9-10-21(7,19)20;/h12H,8-11H2,1-7H3,(H2,15,16,17);1H. The SMILES string of the molecule is CCNC(=NCC(C)(C)N(C)C)NC(C)CCS(C)(=O)=O.I. The van der Waals surface area contributed by atoms with Gasteiger partial charge in [-0.05, 0) is 48.2 Å². The second-order valence-electron chi connectivity index (χ2n) is 6.37. The van der Waals surface area contributed by atoms with Crippen molar-refractivity contribution >= 4 is 39.8 Å². The van der Waals surface area contributed by atoms with Gasteiger partial charge in [0.1, 0.15) is 9.84 Å². The number of halogens is 1. The number of aliphatic imine (C=N–C) groups is 1. The van der Waals surface area contributed by atoms with E-state index in [1.165, 1.54) is 6.26 Å². The molecule has 0 aromatic carbocycles. The predicted molar refractivity (Wildman–Crippen MR) is 106 cm³/mol. The Hall–Kier alpha value is -0.0900. The van der Waals surface area contributed by atoms with Gasteiger partial charge in [0.15, 0.2) is 5.96 Å². The van der Waals surface area contributed by atoms with Gasteiger partial charge in [0.05, 0.1) is 12.3 Å². The Morgan fingerprint density at radius 1 is 1.32 bits per heavy atom. The van der Waals surface area contributed by atoms with Crippen LogP contribution in [0.25, 0.3) is 0 Å². The zero-order valence-corrected chi connectivity index (χ0v) is 18.1. The highest BCUT2D eigenvalue weighted by molar-refractivity contribution is 14.0. The van der Waals surface area contributed by atoms with Crippen molar-refractivity contribution in [1.29, 1.82) is 0 Å². The molecular weight excluding hydrogens is 415 g/mol. The van der Waals surface area contributed by atoms with Gasteiger partial charge in [-0.2, -0.15) is 0 Å². The second-order valence-corrected chi connectivity index (χ2v) is 8.63. The zero-order chi connectivity index (χ0) is 16.7. The van der Waals surface area contributed by atoms with Crippen LogP contribution >= 0.6 is 24.0 Å². The molecule has 0 radical (unpaired) electrons. The summed E-state index contributed by atoms with van der Waals surface area (Å²) in [5, 5.41) is 6.45. The van der Waals surface area contributed by atoms with Crippen molar-refractivity contribution in [3.63, 3.8) is 0 Å². The third kappa shape index (κ3) is 11.5. The number of nitrogens with zero attached hydrogens (tertiary/aromatic N) is 2. The molecule has 2 N–H and O–H groups in total. The first-order valence-electron chi connectivity index (χ1n) is 7.38. The van der Waals surface area contributed by atoms with Gasteiger partial charge in [-0.3, -0.25) is 4.99 Å². The minimum absolute atomic E-state index is 0. The van der Waals surface area contributed by atoms with Crippen LogP contribution in [0.1, 0.15) is 34.1 Å². The number of rotatable bonds is 8. The third-order valence-corrected chi connectivity index (χ3v) is 4.46. The highest BCUT2D eigenvalue weighted by atomic mass is 127. The fourth-order valence-corrected chi connectivity index (χ4v) is 2.21. The number of guanidine groups is 1. The molecule has 1 unspecified atom stereocenters. The number of hydrogen-bond donors (Lipinski definition) is 2. The van der Waals surface area contributed by atoms with Crippen molar-refractivity contribution < 1.29 is 8.42 Å². The van der Waals surface area contributed by atoms with Crippen LogP contribution in [0.4, 0.5) is 0 Å². The molecule has 0 fully saturated rings. The van der Waals surface area contributed by atoms with Crippen molar-refractivity contribution in [2.24, 2.45) is 4.99 Å². The summed E-state index contributed by atoms with van der Waals surface area (Å²) < 4.78 is 22.4. The summed E-state index contributed by atoms with van der Waals surface area (Å²) >= 11 is 0. The first-order valence-corrected chi connectivity index (χ1v) is 9.44. The normalized spacial score (nSPS) is 14.5. The van der Waals surface area contributed by atoms with E-state index in [1.54, 1.807) is 0 Å². The van der Waals surface area contributed by atoms with Crippen LogP contribution in [0, 0.1) is 0 Å². The fraction of sp³-hybridized carbons (Fsp3) is 0.929. The number of hydrogen-bond acceptors (Lipinski definition) is 4. The molecule has 22 heavy (non-hydrogen) atoms. The number of likely N-dealkylation sites (N-methyl/N-ethyl adjacent to an activating group) is 1. The molecule has 0 spiro atoms. The van der Waals surface area contributed by atoms with Crippen molar-refractivity contribution in [3.8, 4) is 0 Å². The maximum Gasteiger partial charge on any atom is 0.191 e. The molecule has 0 amide bonds. The summed E-state index contributed by atoms with van der Waals surface area (Å²) in [5.41, 5.74) is -0.0294. The minimum Gasteiger partial charge on any atom is -0.357 e. The topological polar surface area (TPSA) is 73.8 Å². The van der Waals surface area contributed by atoms with E-state index in [9.17, 15) is 8.42 Å². The molecule has 134 valence electrons. The van der Waals surface area contributed by atoms with Crippen LogP contribution in [-0.4, -0.2) is 70.1 Å². The monoisotopic (exact) mass is 448 g/mol. The minimum atomic E-state index is -2.92. The molecule has 0 saturated carbocycles. The number of sulfone groups is 1. The first-order chi connectivity index (χ1) is 9.48. The van der Waals surface area contributed by atoms with Crippen LogP contribution in [0.5, 0.6) is 0 Å². The molecule has 0 rings (SSSR count). The summed E-state index contributed by atoms with van der Waals surface area (Å²) in [5.74, 6) is 0.914. The molecule has 0 aliphatic heterocycles. The highest BCUT2D eigenvalue weighted by Crippen LogP contribution is 2.09. The molecule has 6 nitrogen and oxygen atoms in total. The van der Waals surface area contributed by atoms with Gasteiger partial charge in [0.25, 0.3) is 0 Å². The summed E-state index contributed by atoms with van der Waals surface area (Å²) in [7, 11) is 1.14. The van der Waals surface area contributed by atoms with Crippen LogP contribution in [0.2, 0.25) is 0 Å². The summed E-state index contributed by atoms with van der Waals surface area (Å²) in [6.07, 6.45) is 1.83. The Kier molecular flexibility index (Phi) is 11.7. The van der Waals surface area contributed by atoms with Gasteiger partial charge in [-0.25, -0.2) is 8.42 Å². The average Bonchev–Trinajstić information content (AvgIpc) is 2.33. The van der Waals surface area contributed by atoms with E-state index in [-0.39, 0.29) is 41.3 Å². The van der Waals surface area contributed by atoms with Gasteiger partial charge in [-0.1, -0.05) is 0 Å². The third-order valence-electron chi connectivity index (χ3n) is 3.48. The van der Waals surface area contributed by atoms with E-state index in [0.29, 0.717) is 13.0 Å². The highest BCUT2D eigenvalue weighted by Gasteiger charge is 2.20. The summed E-state index contributed by atoms with van der Waals surface area (Å²) in [6, 6.07) is 0.0555. The number of nitrogens with one attached hydrogen (secondary N) is 2. The Balaban J connectivity index is 0. The van der Waals surface area contributed by atoms with Crippen LogP contribution in [-0.2, 0) is 9.84 Å². The van der Waals surface area contributed by atoms with Crippen molar-refractivity contribution in [2.75, 3.05) is 39.2 Å². The van der Waals surface area contributed by atoms with Gasteiger partial charge in [0, 0.05) is 24.4 Å². The van der Waals surface area contributed by atoms with Crippen LogP contribution in [0.3, 0.4) is 0 Å². The quantitative estimate of drug-likeness (QED) is 0.333. The Morgan fingerprint density at radius 3 is 2.27 bits per heavy atom. The lowest BCUT2D eigenvalue weighted by molar-refractivity contribution is 0.204. The molecule has 0 bridgehead atoms. The van der Waals surface area contributed by atoms with E-state index in [1.807, 2.05) is 27.9 Å². The zero-order valence-electron chi connectivity index (χ0n) is 14.9. The van der Waals surface area contributed by atoms with E-state index in [4.69, 9.17) is 0 Å². The Bertz CT molecular complexity index is 436. The Labute approximate surface area is 153 Å². The van der Waals surface area contributed by atoms with Crippen LogP contribution < -0.4 is 10.6 Å². The second kappa shape index (κ2) is 10.6. The van der Waals surface area contributed by atoms with Gasteiger partial charge >= 0.3 is 0 Å². The molecule has 8 heteroatoms. The van der Waals surface area contributed by atoms with Crippen molar-refractivity contribution in [1.82, 2.24) is 15.5 Å². The maximum atomic E-state index is 11.2. The molecular formula is C14H33IN4O2S. The van der Waals surface area contributed by atoms with E-state index in [0.717, 1.165) is 12.5 Å². The summed E-state index contributed by atoms with van der Waals surface area (Å²) in [6.45, 7) is 9.67. The van der Waals surface area contributed by atoms with E-state index in [2.05, 4.69) is 34.4 Å². The van der Waals surface area contributed by atoms with Crippen LogP contribution in [0.15, 0.2) is 4.99 Å². The van der Waals surface area contributed by atoms with Gasteiger partial charge in [-0.15, -0.1) is 24.0 Å². The lowest BCUT2D eigenvalue weighted by Gasteiger charge is -2.31. The fourth-order valence-electron chi connectivity index (χ4n) is 1.43. The molecule has 0 aliphatic rings. The molecule has 0 aromatic rings. The van der Waals surface area contributed by atoms with E-state index >= 15 is 0 Å². The molecule has 1 atom stereocenters. The predicted octanol–water partition coefficient (Wildman–Crippen LogP) is 1.32. The van der Waals surface area contributed by atoms with Gasteiger partial charge in [0.2, 0.25) is 0 Å². The van der Waals surface area contributed by atoms with Crippen molar-refractivity contribution in [2.45, 2.75) is 45.7 Å². The molecule has 0 aromatic heterocycles. The lowest BCUT2D eigenvalue weighted by Crippen LogP contribution is -2.46. The van der Waals surface area contributed by atoms with Gasteiger partial charge < -0.3 is 15.5 Å². The molecule has 0 aliphatic carbocycles. The smallest absolute Gasteiger partial charge is 0.191 e. The largest absolute Gasteiger partial charge is 0.357 e. The van der Waals surface area contributed by atoms with E-state index < -0.39 is 9.84 Å². The molecule has 0 saturated heterocycles. The Morgan fingerprint density at radius 2 is 1.86 bits per heavy atom. The lowest BCUT2D eigenvalue weighted by atomic mass is 10.1. The molecule has 0 heterocycles. The summed E-state index contributed by atoms with van der Waals surface area (Å²) in [4.78, 5) is 6.73. The van der Waals surface area contributed by atoms with Crippen molar-refractivity contribution in [3.05, 3.63) is 0 Å². The first kappa shape index (κ1) is 24.2. The average molecular weight is 448 g/mol.